The Morgan fingerprint density at radius 2 is 1.69 bits per heavy atom. The summed E-state index contributed by atoms with van der Waals surface area (Å²) >= 11 is 0. The maximum Gasteiger partial charge on any atom is 0.257 e. The summed E-state index contributed by atoms with van der Waals surface area (Å²) in [4.78, 5) is 27.8. The fourth-order valence-electron chi connectivity index (χ4n) is 3.04. The number of hydrogen-bond donors (Lipinski definition) is 0. The predicted octanol–water partition coefficient (Wildman–Crippen LogP) is 2.28. The maximum atomic E-state index is 12.6. The molecule has 26 heavy (non-hydrogen) atoms. The van der Waals surface area contributed by atoms with Crippen LogP contribution in [0.4, 0.5) is 5.95 Å². The average molecular weight is 353 g/mol. The first-order valence-corrected chi connectivity index (χ1v) is 9.15. The lowest BCUT2D eigenvalue weighted by Crippen LogP contribution is -2.47. The van der Waals surface area contributed by atoms with Gasteiger partial charge in [-0.05, 0) is 26.5 Å². The van der Waals surface area contributed by atoms with Gasteiger partial charge in [-0.15, -0.1) is 0 Å². The van der Waals surface area contributed by atoms with E-state index in [9.17, 15) is 4.79 Å². The third-order valence-electron chi connectivity index (χ3n) is 4.75. The second kappa shape index (κ2) is 8.27. The Morgan fingerprint density at radius 1 is 1.08 bits per heavy atom. The molecule has 0 unspecified atom stereocenters. The van der Waals surface area contributed by atoms with Crippen LogP contribution in [-0.4, -0.2) is 64.9 Å². The van der Waals surface area contributed by atoms with Crippen molar-refractivity contribution in [3.63, 3.8) is 0 Å². The number of rotatable bonds is 5. The van der Waals surface area contributed by atoms with Crippen molar-refractivity contribution in [3.8, 4) is 0 Å². The minimum atomic E-state index is 0.0174. The van der Waals surface area contributed by atoms with E-state index >= 15 is 0 Å². The van der Waals surface area contributed by atoms with Crippen molar-refractivity contribution in [3.05, 3.63) is 53.9 Å². The molecule has 1 aliphatic heterocycles. The molecular weight excluding hydrogens is 326 g/mol. The molecule has 3 rings (SSSR count). The monoisotopic (exact) mass is 353 g/mol. The summed E-state index contributed by atoms with van der Waals surface area (Å²) in [6, 6.07) is 10.5. The van der Waals surface area contributed by atoms with Crippen LogP contribution in [0.5, 0.6) is 0 Å². The van der Waals surface area contributed by atoms with Crippen molar-refractivity contribution < 1.29 is 4.79 Å². The number of benzene rings is 1. The number of nitrogens with zero attached hydrogens (tertiary/aromatic N) is 5. The number of likely N-dealkylation sites (N-methyl/N-ethyl adjacent to an activating group) is 1. The van der Waals surface area contributed by atoms with E-state index in [0.29, 0.717) is 11.5 Å². The Bertz CT molecular complexity index is 709. The van der Waals surface area contributed by atoms with E-state index in [1.807, 2.05) is 23.1 Å². The first kappa shape index (κ1) is 18.3. The van der Waals surface area contributed by atoms with E-state index in [2.05, 4.69) is 52.8 Å². The lowest BCUT2D eigenvalue weighted by atomic mass is 10.2. The number of carbonyl (C=O) groups excluding carboxylic acids is 1. The Labute approximate surface area is 155 Å². The molecule has 0 saturated carbocycles. The molecule has 6 heteroatoms. The fraction of sp³-hybridized carbons (Fsp3) is 0.450. The van der Waals surface area contributed by atoms with Crippen molar-refractivity contribution in [2.45, 2.75) is 26.4 Å². The van der Waals surface area contributed by atoms with E-state index in [1.54, 1.807) is 12.4 Å². The average Bonchev–Trinajstić information content (AvgIpc) is 2.67. The van der Waals surface area contributed by atoms with Gasteiger partial charge in [0.05, 0.1) is 5.56 Å². The van der Waals surface area contributed by atoms with Gasteiger partial charge in [0, 0.05) is 51.2 Å². The molecule has 138 valence electrons. The Balaban J connectivity index is 1.71. The molecule has 0 aliphatic carbocycles. The highest BCUT2D eigenvalue weighted by Crippen LogP contribution is 2.16. The predicted molar refractivity (Wildman–Crippen MR) is 103 cm³/mol. The van der Waals surface area contributed by atoms with Gasteiger partial charge in [0.15, 0.2) is 0 Å². The summed E-state index contributed by atoms with van der Waals surface area (Å²) in [5, 5.41) is 0. The highest BCUT2D eigenvalue weighted by Gasteiger charge is 2.21. The normalized spacial score (nSPS) is 15.3. The summed E-state index contributed by atoms with van der Waals surface area (Å²) < 4.78 is 0. The number of aromatic nitrogens is 2. The van der Waals surface area contributed by atoms with E-state index < -0.39 is 0 Å². The van der Waals surface area contributed by atoms with E-state index in [4.69, 9.17) is 0 Å². The minimum Gasteiger partial charge on any atom is -0.336 e. The number of carbonyl (C=O) groups is 1. The maximum absolute atomic E-state index is 12.6. The zero-order chi connectivity index (χ0) is 18.5. The van der Waals surface area contributed by atoms with Gasteiger partial charge < -0.3 is 14.7 Å². The summed E-state index contributed by atoms with van der Waals surface area (Å²) in [6.45, 7) is 8.30. The topological polar surface area (TPSA) is 52.6 Å². The Morgan fingerprint density at radius 3 is 2.27 bits per heavy atom. The second-order valence-corrected chi connectivity index (χ2v) is 7.07. The molecular formula is C20H27N5O. The van der Waals surface area contributed by atoms with Crippen LogP contribution in [-0.2, 0) is 6.54 Å². The molecule has 0 radical (unpaired) electrons. The largest absolute Gasteiger partial charge is 0.336 e. The molecule has 0 bridgehead atoms. The van der Waals surface area contributed by atoms with Crippen LogP contribution in [0.25, 0.3) is 0 Å². The smallest absolute Gasteiger partial charge is 0.257 e. The van der Waals surface area contributed by atoms with Crippen LogP contribution in [0, 0.1) is 0 Å². The summed E-state index contributed by atoms with van der Waals surface area (Å²) in [5.41, 5.74) is 1.77. The van der Waals surface area contributed by atoms with Crippen LogP contribution in [0.2, 0.25) is 0 Å². The molecule has 1 aromatic heterocycles. The van der Waals surface area contributed by atoms with Crippen LogP contribution < -0.4 is 4.90 Å². The molecule has 1 aliphatic rings. The lowest BCUT2D eigenvalue weighted by Gasteiger charge is -2.32. The third-order valence-corrected chi connectivity index (χ3v) is 4.75. The number of anilines is 1. The molecule has 6 nitrogen and oxygen atoms in total. The Kier molecular flexibility index (Phi) is 5.83. The van der Waals surface area contributed by atoms with Crippen molar-refractivity contribution in [2.75, 3.05) is 38.1 Å². The van der Waals surface area contributed by atoms with Gasteiger partial charge in [-0.3, -0.25) is 4.79 Å². The highest BCUT2D eigenvalue weighted by molar-refractivity contribution is 5.93. The minimum absolute atomic E-state index is 0.0174. The van der Waals surface area contributed by atoms with Gasteiger partial charge in [-0.1, -0.05) is 30.3 Å². The number of amides is 1. The lowest BCUT2D eigenvalue weighted by molar-refractivity contribution is 0.0663. The van der Waals surface area contributed by atoms with Crippen molar-refractivity contribution in [1.29, 1.82) is 0 Å². The Hall–Kier alpha value is -2.47. The van der Waals surface area contributed by atoms with Crippen molar-refractivity contribution in [1.82, 2.24) is 19.8 Å². The quantitative estimate of drug-likeness (QED) is 0.825. The molecule has 2 aromatic rings. The SMILES string of the molecule is CC(C)N(Cc1ccccc1)c1ncc(C(=O)N2CCN(C)CC2)cn1. The first-order chi connectivity index (χ1) is 12.5. The highest BCUT2D eigenvalue weighted by atomic mass is 16.2. The second-order valence-electron chi connectivity index (χ2n) is 7.07. The molecule has 0 N–H and O–H groups in total. The van der Waals surface area contributed by atoms with Gasteiger partial charge in [0.2, 0.25) is 5.95 Å². The fourth-order valence-corrected chi connectivity index (χ4v) is 3.04. The van der Waals surface area contributed by atoms with Crippen LogP contribution in [0.1, 0.15) is 29.8 Å². The van der Waals surface area contributed by atoms with E-state index in [0.717, 1.165) is 32.7 Å². The molecule has 1 aromatic carbocycles. The molecule has 1 saturated heterocycles. The standard InChI is InChI=1S/C20H27N5O/c1-16(2)25(15-17-7-5-4-6-8-17)20-21-13-18(14-22-20)19(26)24-11-9-23(3)10-12-24/h4-8,13-14,16H,9-12,15H2,1-3H3. The van der Waals surface area contributed by atoms with Gasteiger partial charge in [0.1, 0.15) is 0 Å². The van der Waals surface area contributed by atoms with Crippen molar-refractivity contribution in [2.24, 2.45) is 0 Å². The number of hydrogen-bond acceptors (Lipinski definition) is 5. The number of piperazine rings is 1. The zero-order valence-electron chi connectivity index (χ0n) is 15.8. The van der Waals surface area contributed by atoms with Crippen LogP contribution >= 0.6 is 0 Å². The van der Waals surface area contributed by atoms with E-state index in [-0.39, 0.29) is 11.9 Å². The van der Waals surface area contributed by atoms with Gasteiger partial charge in [-0.25, -0.2) is 9.97 Å². The molecule has 1 fully saturated rings. The summed E-state index contributed by atoms with van der Waals surface area (Å²) in [5.74, 6) is 0.669. The molecule has 1 amide bonds. The van der Waals surface area contributed by atoms with Crippen LogP contribution in [0.15, 0.2) is 42.7 Å². The summed E-state index contributed by atoms with van der Waals surface area (Å²) in [6.07, 6.45) is 3.31. The zero-order valence-corrected chi connectivity index (χ0v) is 15.8. The van der Waals surface area contributed by atoms with Gasteiger partial charge in [0.25, 0.3) is 5.91 Å². The third kappa shape index (κ3) is 4.38. The molecule has 0 atom stereocenters. The molecule has 2 heterocycles. The molecule has 0 spiro atoms. The van der Waals surface area contributed by atoms with Crippen molar-refractivity contribution >= 4 is 11.9 Å². The van der Waals surface area contributed by atoms with Crippen LogP contribution in [0.3, 0.4) is 0 Å². The van der Waals surface area contributed by atoms with Gasteiger partial charge >= 0.3 is 0 Å². The first-order valence-electron chi connectivity index (χ1n) is 9.15. The summed E-state index contributed by atoms with van der Waals surface area (Å²) in [7, 11) is 2.08. The van der Waals surface area contributed by atoms with E-state index in [1.165, 1.54) is 5.56 Å². The van der Waals surface area contributed by atoms with Gasteiger partial charge in [-0.2, -0.15) is 0 Å².